The van der Waals surface area contributed by atoms with E-state index in [1.54, 1.807) is 6.07 Å². The first kappa shape index (κ1) is 11.1. The predicted molar refractivity (Wildman–Crippen MR) is 60.4 cm³/mol. The van der Waals surface area contributed by atoms with Crippen LogP contribution in [0, 0.1) is 0 Å². The lowest BCUT2D eigenvalue weighted by atomic mass is 10.2. The van der Waals surface area contributed by atoms with Gasteiger partial charge in [0.05, 0.1) is 5.02 Å². The summed E-state index contributed by atoms with van der Waals surface area (Å²) < 4.78 is 0. The van der Waals surface area contributed by atoms with E-state index < -0.39 is 0 Å². The third kappa shape index (κ3) is 2.26. The number of carbonyl (C=O) groups is 1. The number of hydrogen-bond acceptors (Lipinski definition) is 2. The highest BCUT2D eigenvalue weighted by Gasteiger charge is 2.04. The summed E-state index contributed by atoms with van der Waals surface area (Å²) in [7, 11) is 0. The molecule has 0 fully saturated rings. The number of nitrogens with zero attached hydrogens (tertiary/aromatic N) is 1. The molecule has 76 valence electrons. The minimum atomic E-state index is 0.518. The van der Waals surface area contributed by atoms with Crippen LogP contribution in [-0.4, -0.2) is 19.4 Å². The molecule has 0 saturated carbocycles. The second-order valence-electron chi connectivity index (χ2n) is 3.00. The molecule has 0 radical (unpaired) electrons. The highest BCUT2D eigenvalue weighted by Crippen LogP contribution is 2.22. The van der Waals surface area contributed by atoms with E-state index in [9.17, 15) is 4.79 Å². The van der Waals surface area contributed by atoms with Crippen molar-refractivity contribution in [2.24, 2.45) is 0 Å². The maximum Gasteiger partial charge on any atom is 0.151 e. The third-order valence-corrected chi connectivity index (χ3v) is 2.57. The van der Waals surface area contributed by atoms with Gasteiger partial charge >= 0.3 is 0 Å². The molecule has 1 rings (SSSR count). The van der Waals surface area contributed by atoms with Crippen LogP contribution in [0.3, 0.4) is 0 Å². The lowest BCUT2D eigenvalue weighted by Crippen LogP contribution is -2.21. The lowest BCUT2D eigenvalue weighted by Gasteiger charge is -2.21. The van der Waals surface area contributed by atoms with Crippen LogP contribution in [-0.2, 0) is 0 Å². The number of hydrogen-bond donors (Lipinski definition) is 0. The van der Waals surface area contributed by atoms with Gasteiger partial charge in [0.2, 0.25) is 0 Å². The molecular weight excluding hydrogens is 198 g/mol. The largest absolute Gasteiger partial charge is 0.372 e. The topological polar surface area (TPSA) is 20.3 Å². The first-order valence-corrected chi connectivity index (χ1v) is 5.10. The van der Waals surface area contributed by atoms with E-state index in [4.69, 9.17) is 11.6 Å². The molecule has 0 aromatic heterocycles. The van der Waals surface area contributed by atoms with Crippen molar-refractivity contribution in [1.29, 1.82) is 0 Å². The zero-order chi connectivity index (χ0) is 10.6. The average molecular weight is 212 g/mol. The second-order valence-corrected chi connectivity index (χ2v) is 3.40. The lowest BCUT2D eigenvalue weighted by molar-refractivity contribution is 0.112. The molecule has 0 spiro atoms. The summed E-state index contributed by atoms with van der Waals surface area (Å²) in [6, 6.07) is 5.50. The average Bonchev–Trinajstić information content (AvgIpc) is 2.20. The predicted octanol–water partition coefficient (Wildman–Crippen LogP) is 3.00. The van der Waals surface area contributed by atoms with Crippen molar-refractivity contribution >= 4 is 23.6 Å². The Hall–Kier alpha value is -1.02. The van der Waals surface area contributed by atoms with E-state index >= 15 is 0 Å². The van der Waals surface area contributed by atoms with Crippen molar-refractivity contribution in [2.75, 3.05) is 18.0 Å². The molecule has 0 aliphatic heterocycles. The molecule has 0 aliphatic carbocycles. The normalized spacial score (nSPS) is 9.93. The van der Waals surface area contributed by atoms with Crippen LogP contribution in [0.4, 0.5) is 5.69 Å². The van der Waals surface area contributed by atoms with Gasteiger partial charge < -0.3 is 4.90 Å². The van der Waals surface area contributed by atoms with Crippen LogP contribution >= 0.6 is 11.6 Å². The second kappa shape index (κ2) is 5.01. The minimum Gasteiger partial charge on any atom is -0.372 e. The van der Waals surface area contributed by atoms with Crippen molar-refractivity contribution in [1.82, 2.24) is 0 Å². The zero-order valence-corrected chi connectivity index (χ0v) is 9.21. The van der Waals surface area contributed by atoms with Gasteiger partial charge in [0, 0.05) is 24.3 Å². The van der Waals surface area contributed by atoms with Crippen LogP contribution in [0.1, 0.15) is 24.2 Å². The fraction of sp³-hybridized carbons (Fsp3) is 0.364. The van der Waals surface area contributed by atoms with E-state index in [0.717, 1.165) is 25.1 Å². The molecule has 0 unspecified atom stereocenters. The van der Waals surface area contributed by atoms with Gasteiger partial charge in [-0.1, -0.05) is 11.6 Å². The summed E-state index contributed by atoms with van der Waals surface area (Å²) >= 11 is 5.93. The summed E-state index contributed by atoms with van der Waals surface area (Å²) in [6.07, 6.45) is 0.772. The SMILES string of the molecule is CCN(CC)c1ccc(C=O)c(Cl)c1. The first-order valence-electron chi connectivity index (χ1n) is 4.72. The molecule has 1 aromatic carbocycles. The van der Waals surface area contributed by atoms with Gasteiger partial charge in [-0.25, -0.2) is 0 Å². The molecule has 3 heteroatoms. The minimum absolute atomic E-state index is 0.518. The van der Waals surface area contributed by atoms with Crippen molar-refractivity contribution in [2.45, 2.75) is 13.8 Å². The molecule has 0 aliphatic rings. The Labute approximate surface area is 89.5 Å². The van der Waals surface area contributed by atoms with Gasteiger partial charge in [0.25, 0.3) is 0 Å². The van der Waals surface area contributed by atoms with Gasteiger partial charge in [-0.05, 0) is 32.0 Å². The van der Waals surface area contributed by atoms with Crippen LogP contribution < -0.4 is 4.90 Å². The third-order valence-electron chi connectivity index (χ3n) is 2.24. The Bertz CT molecular complexity index is 321. The van der Waals surface area contributed by atoms with Crippen molar-refractivity contribution in [3.63, 3.8) is 0 Å². The number of rotatable bonds is 4. The Balaban J connectivity index is 3.00. The molecule has 2 nitrogen and oxygen atoms in total. The molecule has 0 amide bonds. The summed E-state index contributed by atoms with van der Waals surface area (Å²) in [5.41, 5.74) is 1.60. The molecule has 0 saturated heterocycles. The number of anilines is 1. The standard InChI is InChI=1S/C11H14ClNO/c1-3-13(4-2)10-6-5-9(8-14)11(12)7-10/h5-8H,3-4H2,1-2H3. The molecule has 0 heterocycles. The highest BCUT2D eigenvalue weighted by atomic mass is 35.5. The summed E-state index contributed by atoms with van der Waals surface area (Å²) in [5.74, 6) is 0. The molecule has 0 atom stereocenters. The summed E-state index contributed by atoms with van der Waals surface area (Å²) in [4.78, 5) is 12.7. The van der Waals surface area contributed by atoms with E-state index in [1.807, 2.05) is 12.1 Å². The molecule has 14 heavy (non-hydrogen) atoms. The van der Waals surface area contributed by atoms with E-state index in [2.05, 4.69) is 18.7 Å². The Morgan fingerprint density at radius 1 is 1.36 bits per heavy atom. The fourth-order valence-electron chi connectivity index (χ4n) is 1.40. The number of halogens is 1. The van der Waals surface area contributed by atoms with Gasteiger partial charge in [-0.3, -0.25) is 4.79 Å². The number of benzene rings is 1. The Morgan fingerprint density at radius 2 is 2.00 bits per heavy atom. The van der Waals surface area contributed by atoms with Crippen molar-refractivity contribution in [3.8, 4) is 0 Å². The van der Waals surface area contributed by atoms with E-state index in [-0.39, 0.29) is 0 Å². The maximum atomic E-state index is 10.5. The van der Waals surface area contributed by atoms with Crippen LogP contribution in [0.25, 0.3) is 0 Å². The zero-order valence-electron chi connectivity index (χ0n) is 8.46. The Morgan fingerprint density at radius 3 is 2.43 bits per heavy atom. The summed E-state index contributed by atoms with van der Waals surface area (Å²) in [5, 5.41) is 0.518. The fourth-order valence-corrected chi connectivity index (χ4v) is 1.62. The van der Waals surface area contributed by atoms with Gasteiger partial charge in [0.15, 0.2) is 6.29 Å². The van der Waals surface area contributed by atoms with Crippen LogP contribution in [0.5, 0.6) is 0 Å². The summed E-state index contributed by atoms with van der Waals surface area (Å²) in [6.45, 7) is 6.05. The monoisotopic (exact) mass is 211 g/mol. The Kier molecular flexibility index (Phi) is 3.96. The molecular formula is C11H14ClNO. The first-order chi connectivity index (χ1) is 6.72. The van der Waals surface area contributed by atoms with Gasteiger partial charge in [-0.2, -0.15) is 0 Å². The number of aldehydes is 1. The number of carbonyl (C=O) groups excluding carboxylic acids is 1. The van der Waals surface area contributed by atoms with Crippen molar-refractivity contribution in [3.05, 3.63) is 28.8 Å². The quantitative estimate of drug-likeness (QED) is 0.714. The maximum absolute atomic E-state index is 10.5. The van der Waals surface area contributed by atoms with Crippen LogP contribution in [0.15, 0.2) is 18.2 Å². The molecule has 1 aromatic rings. The van der Waals surface area contributed by atoms with E-state index in [1.165, 1.54) is 0 Å². The smallest absolute Gasteiger partial charge is 0.151 e. The van der Waals surface area contributed by atoms with Gasteiger partial charge in [0.1, 0.15) is 0 Å². The van der Waals surface area contributed by atoms with Crippen molar-refractivity contribution < 1.29 is 4.79 Å². The van der Waals surface area contributed by atoms with Gasteiger partial charge in [-0.15, -0.1) is 0 Å². The molecule has 0 N–H and O–H groups in total. The van der Waals surface area contributed by atoms with E-state index in [0.29, 0.717) is 10.6 Å². The van der Waals surface area contributed by atoms with Crippen LogP contribution in [0.2, 0.25) is 5.02 Å². The highest BCUT2D eigenvalue weighted by molar-refractivity contribution is 6.33. The molecule has 0 bridgehead atoms.